The summed E-state index contributed by atoms with van der Waals surface area (Å²) in [6.45, 7) is 2.15. The second-order valence-electron chi connectivity index (χ2n) is 5.77. The average Bonchev–Trinajstić information content (AvgIpc) is 3.03. The molecule has 1 N–H and O–H groups in total. The molecule has 2 aliphatic heterocycles. The Hall–Kier alpha value is -1.45. The van der Waals surface area contributed by atoms with Crippen LogP contribution in [0.15, 0.2) is 36.7 Å². The highest BCUT2D eigenvalue weighted by Gasteiger charge is 2.49. The third kappa shape index (κ3) is 1.55. The molecule has 4 rings (SSSR count). The van der Waals surface area contributed by atoms with Crippen molar-refractivity contribution in [1.82, 2.24) is 9.88 Å². The molecule has 0 aliphatic carbocycles. The standard InChI is InChI=1S/C16H18N2O/c19-16(7-10-18-9-2-5-15(16)18)14-4-1-3-12-11-17-8-6-13(12)14/h1,3-4,6,8,11,15,19H,2,5,7,9-10H2. The first-order chi connectivity index (χ1) is 9.29. The Morgan fingerprint density at radius 3 is 3.16 bits per heavy atom. The second-order valence-corrected chi connectivity index (χ2v) is 5.77. The van der Waals surface area contributed by atoms with E-state index in [4.69, 9.17) is 0 Å². The van der Waals surface area contributed by atoms with E-state index in [9.17, 15) is 5.11 Å². The smallest absolute Gasteiger partial charge is 0.107 e. The number of nitrogens with zero attached hydrogens (tertiary/aromatic N) is 2. The molecule has 2 aromatic rings. The highest BCUT2D eigenvalue weighted by atomic mass is 16.3. The molecule has 0 amide bonds. The topological polar surface area (TPSA) is 36.4 Å². The van der Waals surface area contributed by atoms with Crippen LogP contribution >= 0.6 is 0 Å². The molecule has 98 valence electrons. The summed E-state index contributed by atoms with van der Waals surface area (Å²) in [5.74, 6) is 0. The summed E-state index contributed by atoms with van der Waals surface area (Å²) in [5, 5.41) is 13.5. The summed E-state index contributed by atoms with van der Waals surface area (Å²) in [4.78, 5) is 6.62. The summed E-state index contributed by atoms with van der Waals surface area (Å²) in [6.07, 6.45) is 6.86. The molecule has 3 nitrogen and oxygen atoms in total. The number of aromatic nitrogens is 1. The van der Waals surface area contributed by atoms with Crippen LogP contribution in [0, 0.1) is 0 Å². The number of fused-ring (bicyclic) bond motifs is 2. The van der Waals surface area contributed by atoms with Crippen molar-refractivity contribution in [2.75, 3.05) is 13.1 Å². The van der Waals surface area contributed by atoms with Gasteiger partial charge in [0.25, 0.3) is 0 Å². The van der Waals surface area contributed by atoms with E-state index in [1.54, 1.807) is 0 Å². The fourth-order valence-corrected chi connectivity index (χ4v) is 3.93. The number of hydrogen-bond acceptors (Lipinski definition) is 3. The molecule has 0 bridgehead atoms. The second kappa shape index (κ2) is 4.02. The molecule has 0 saturated carbocycles. The van der Waals surface area contributed by atoms with Crippen molar-refractivity contribution >= 4 is 10.8 Å². The van der Waals surface area contributed by atoms with Gasteiger partial charge in [0.1, 0.15) is 5.60 Å². The highest BCUT2D eigenvalue weighted by Crippen LogP contribution is 2.44. The Morgan fingerprint density at radius 1 is 1.26 bits per heavy atom. The van der Waals surface area contributed by atoms with Gasteiger partial charge in [0.05, 0.1) is 0 Å². The van der Waals surface area contributed by atoms with Gasteiger partial charge in [0, 0.05) is 30.4 Å². The normalized spacial score (nSPS) is 30.9. The average molecular weight is 254 g/mol. The monoisotopic (exact) mass is 254 g/mol. The molecule has 2 atom stereocenters. The Balaban J connectivity index is 1.90. The van der Waals surface area contributed by atoms with Gasteiger partial charge >= 0.3 is 0 Å². The van der Waals surface area contributed by atoms with Crippen LogP contribution in [0.25, 0.3) is 10.8 Å². The van der Waals surface area contributed by atoms with Crippen molar-refractivity contribution in [3.63, 3.8) is 0 Å². The molecule has 2 unspecified atom stereocenters. The number of pyridine rings is 1. The molecule has 19 heavy (non-hydrogen) atoms. The maximum absolute atomic E-state index is 11.3. The van der Waals surface area contributed by atoms with E-state index < -0.39 is 5.60 Å². The van der Waals surface area contributed by atoms with E-state index in [2.05, 4.69) is 22.0 Å². The van der Waals surface area contributed by atoms with Crippen LogP contribution in [-0.2, 0) is 5.60 Å². The number of rotatable bonds is 1. The minimum Gasteiger partial charge on any atom is -0.383 e. The van der Waals surface area contributed by atoms with Crippen LogP contribution < -0.4 is 0 Å². The number of hydrogen-bond donors (Lipinski definition) is 1. The van der Waals surface area contributed by atoms with Gasteiger partial charge in [-0.05, 0) is 42.8 Å². The maximum atomic E-state index is 11.3. The van der Waals surface area contributed by atoms with Gasteiger partial charge < -0.3 is 5.11 Å². The van der Waals surface area contributed by atoms with Crippen molar-refractivity contribution in [3.05, 3.63) is 42.2 Å². The fraction of sp³-hybridized carbons (Fsp3) is 0.438. The zero-order chi connectivity index (χ0) is 12.9. The predicted octanol–water partition coefficient (Wildman–Crippen LogP) is 2.29. The van der Waals surface area contributed by atoms with Gasteiger partial charge in [-0.15, -0.1) is 0 Å². The van der Waals surface area contributed by atoms with Crippen LogP contribution in [0.5, 0.6) is 0 Å². The molecular formula is C16H18N2O. The summed E-state index contributed by atoms with van der Waals surface area (Å²) in [6, 6.07) is 8.52. The first kappa shape index (κ1) is 11.4. The lowest BCUT2D eigenvalue weighted by atomic mass is 9.83. The van der Waals surface area contributed by atoms with Crippen LogP contribution in [0.2, 0.25) is 0 Å². The molecule has 1 aromatic carbocycles. The van der Waals surface area contributed by atoms with E-state index in [0.29, 0.717) is 6.04 Å². The zero-order valence-electron chi connectivity index (χ0n) is 10.9. The Kier molecular flexibility index (Phi) is 2.41. The van der Waals surface area contributed by atoms with E-state index in [-0.39, 0.29) is 0 Å². The van der Waals surface area contributed by atoms with Gasteiger partial charge in [0.2, 0.25) is 0 Å². The Bertz CT molecular complexity index is 622. The van der Waals surface area contributed by atoms with E-state index in [0.717, 1.165) is 42.3 Å². The molecule has 0 spiro atoms. The first-order valence-corrected chi connectivity index (χ1v) is 7.09. The molecule has 3 heterocycles. The summed E-state index contributed by atoms with van der Waals surface area (Å²) in [7, 11) is 0. The maximum Gasteiger partial charge on any atom is 0.107 e. The summed E-state index contributed by atoms with van der Waals surface area (Å²) >= 11 is 0. The third-order valence-electron chi connectivity index (χ3n) is 4.84. The molecule has 2 saturated heterocycles. The van der Waals surface area contributed by atoms with Crippen LogP contribution in [-0.4, -0.2) is 34.1 Å². The largest absolute Gasteiger partial charge is 0.383 e. The lowest BCUT2D eigenvalue weighted by Crippen LogP contribution is -2.38. The Morgan fingerprint density at radius 2 is 2.21 bits per heavy atom. The SMILES string of the molecule is OC1(c2cccc3cnccc23)CCN2CCCC21. The number of aliphatic hydroxyl groups is 1. The van der Waals surface area contributed by atoms with Crippen molar-refractivity contribution in [1.29, 1.82) is 0 Å². The summed E-state index contributed by atoms with van der Waals surface area (Å²) < 4.78 is 0. The molecular weight excluding hydrogens is 236 g/mol. The predicted molar refractivity (Wildman–Crippen MR) is 74.9 cm³/mol. The van der Waals surface area contributed by atoms with Gasteiger partial charge in [-0.2, -0.15) is 0 Å². The van der Waals surface area contributed by atoms with Crippen LogP contribution in [0.1, 0.15) is 24.8 Å². The van der Waals surface area contributed by atoms with Crippen molar-refractivity contribution in [3.8, 4) is 0 Å². The highest BCUT2D eigenvalue weighted by molar-refractivity contribution is 5.85. The van der Waals surface area contributed by atoms with Gasteiger partial charge in [-0.1, -0.05) is 18.2 Å². The van der Waals surface area contributed by atoms with Crippen molar-refractivity contribution in [2.45, 2.75) is 30.9 Å². The molecule has 0 radical (unpaired) electrons. The molecule has 3 heteroatoms. The number of benzene rings is 1. The van der Waals surface area contributed by atoms with Crippen molar-refractivity contribution in [2.24, 2.45) is 0 Å². The molecule has 2 aliphatic rings. The van der Waals surface area contributed by atoms with Crippen molar-refractivity contribution < 1.29 is 5.11 Å². The van der Waals surface area contributed by atoms with E-state index in [1.807, 2.05) is 24.5 Å². The third-order valence-corrected chi connectivity index (χ3v) is 4.84. The lowest BCUT2D eigenvalue weighted by Gasteiger charge is -2.31. The molecule has 1 aromatic heterocycles. The van der Waals surface area contributed by atoms with E-state index >= 15 is 0 Å². The van der Waals surface area contributed by atoms with Gasteiger partial charge in [-0.25, -0.2) is 0 Å². The fourth-order valence-electron chi connectivity index (χ4n) is 3.93. The van der Waals surface area contributed by atoms with Crippen LogP contribution in [0.4, 0.5) is 0 Å². The van der Waals surface area contributed by atoms with Gasteiger partial charge in [0.15, 0.2) is 0 Å². The lowest BCUT2D eigenvalue weighted by molar-refractivity contribution is 0.0108. The van der Waals surface area contributed by atoms with E-state index in [1.165, 1.54) is 6.42 Å². The summed E-state index contributed by atoms with van der Waals surface area (Å²) in [5.41, 5.74) is 0.402. The minimum absolute atomic E-state index is 0.297. The van der Waals surface area contributed by atoms with Crippen LogP contribution in [0.3, 0.4) is 0 Å². The van der Waals surface area contributed by atoms with Gasteiger partial charge in [-0.3, -0.25) is 9.88 Å². The quantitative estimate of drug-likeness (QED) is 0.848. The first-order valence-electron chi connectivity index (χ1n) is 7.09. The minimum atomic E-state index is -0.683. The Labute approximate surface area is 112 Å². The zero-order valence-corrected chi connectivity index (χ0v) is 10.9. The molecule has 2 fully saturated rings.